The smallest absolute Gasteiger partial charge is 1.00 e. The molecule has 0 saturated carbocycles. The van der Waals surface area contributed by atoms with Gasteiger partial charge >= 0.3 is 111 Å². The minimum atomic E-state index is -4.64. The molecule has 0 saturated heterocycles. The first kappa shape index (κ1) is 22.5. The van der Waals surface area contributed by atoms with E-state index in [4.69, 9.17) is 19.2 Å². The van der Waals surface area contributed by atoms with Crippen molar-refractivity contribution in [3.05, 3.63) is 0 Å². The van der Waals surface area contributed by atoms with E-state index in [2.05, 4.69) is 0 Å². The van der Waals surface area contributed by atoms with E-state index in [1.54, 1.807) is 0 Å². The van der Waals surface area contributed by atoms with E-state index in [1.165, 1.54) is 0 Å². The van der Waals surface area contributed by atoms with Crippen LogP contribution in [0.3, 0.4) is 0 Å². The van der Waals surface area contributed by atoms with Gasteiger partial charge in [0.2, 0.25) is 0 Å². The first-order chi connectivity index (χ1) is 2.00. The van der Waals surface area contributed by atoms with Gasteiger partial charge in [-0.1, -0.05) is 0 Å². The van der Waals surface area contributed by atoms with Crippen molar-refractivity contribution in [2.75, 3.05) is 0 Å². The predicted molar refractivity (Wildman–Crippen MR) is 20.1 cm³/mol. The first-order valence-corrected chi connectivity index (χ1v) is 2.35. The summed E-state index contributed by atoms with van der Waals surface area (Å²) in [6, 6.07) is 0. The quantitative estimate of drug-likeness (QED) is 0.264. The van der Waals surface area contributed by atoms with Gasteiger partial charge in [0.25, 0.3) is 0 Å². The van der Waals surface area contributed by atoms with Gasteiger partial charge in [-0.25, -0.2) is 4.57 Å². The van der Waals surface area contributed by atoms with Crippen LogP contribution in [-0.2, 0) is 4.57 Å². The minimum Gasteiger partial charge on any atom is -1.00 e. The largest absolute Gasteiger partial charge is 1.00 e. The molecule has 0 radical (unpaired) electrons. The van der Waals surface area contributed by atoms with E-state index in [-0.39, 0.29) is 111 Å². The third kappa shape index (κ3) is 58.2. The number of rotatable bonds is 0. The van der Waals surface area contributed by atoms with Gasteiger partial charge in [0.05, 0.1) is 0 Å². The molecule has 0 aromatic heterocycles. The molecule has 0 bridgehead atoms. The molecule has 0 fully saturated rings. The molecule has 8 heteroatoms. The molecule has 44 valence electrons. The van der Waals surface area contributed by atoms with Crippen molar-refractivity contribution in [3.63, 3.8) is 0 Å². The molecular weight excluding hydrogens is 189 g/mol. The number of hydrogen-bond donors (Lipinski definition) is 3. The molecule has 0 atom stereocenters. The van der Waals surface area contributed by atoms with E-state index >= 15 is 0 Å². The summed E-state index contributed by atoms with van der Waals surface area (Å²) in [5.74, 6) is 0. The zero-order valence-corrected chi connectivity index (χ0v) is 11.8. The average Bonchev–Trinajstić information content (AvgIpc) is 0.722. The van der Waals surface area contributed by atoms with Crippen molar-refractivity contribution in [1.82, 2.24) is 0 Å². The Morgan fingerprint density at radius 3 is 1.12 bits per heavy atom. The van der Waals surface area contributed by atoms with Crippen LogP contribution < -0.4 is 103 Å². The van der Waals surface area contributed by atoms with Crippen LogP contribution in [0.1, 0.15) is 2.85 Å². The Kier molecular flexibility index (Phi) is 29.1. The van der Waals surface area contributed by atoms with Gasteiger partial charge in [-0.3, -0.25) is 0 Å². The Bertz CT molecular complexity index is 63.8. The van der Waals surface area contributed by atoms with Crippen molar-refractivity contribution in [3.8, 4) is 0 Å². The zero-order chi connectivity index (χ0) is 4.50. The fraction of sp³-hybridized carbons (Fsp3) is 0. The molecule has 0 aliphatic carbocycles. The van der Waals surface area contributed by atoms with E-state index in [9.17, 15) is 0 Å². The Morgan fingerprint density at radius 1 is 1.12 bits per heavy atom. The molecule has 0 aliphatic heterocycles. The van der Waals surface area contributed by atoms with Crippen LogP contribution in [0.2, 0.25) is 0 Å². The molecule has 0 rings (SSSR count). The summed E-state index contributed by atoms with van der Waals surface area (Å²) in [4.78, 5) is 21.6. The van der Waals surface area contributed by atoms with Crippen LogP contribution in [0.25, 0.3) is 0 Å². The van der Waals surface area contributed by atoms with Crippen molar-refractivity contribution in [1.29, 1.82) is 0 Å². The molecule has 0 amide bonds. The van der Waals surface area contributed by atoms with Crippen molar-refractivity contribution >= 4 is 7.82 Å². The molecule has 5 nitrogen and oxygen atoms in total. The summed E-state index contributed by atoms with van der Waals surface area (Å²) in [6.07, 6.45) is 0. The normalized spacial score (nSPS) is 7.38. The maximum absolute atomic E-state index is 8.88. The van der Waals surface area contributed by atoms with Crippen LogP contribution in [0.5, 0.6) is 0 Å². The van der Waals surface area contributed by atoms with Crippen LogP contribution in [0.15, 0.2) is 0 Å². The number of hydrogen-bond acceptors (Lipinski definition) is 1. The summed E-state index contributed by atoms with van der Waals surface area (Å²) in [7, 11) is -4.64. The standard InChI is InChI=1S/2K.H3O4P.H2O.2H/c;;1-5(2,3)4;;;/h;;(H3,1,2,3,4);1H2;;/q2*+1;;;2*-1. The molecule has 0 unspecified atom stereocenters. The van der Waals surface area contributed by atoms with Crippen molar-refractivity contribution in [2.45, 2.75) is 0 Å². The summed E-state index contributed by atoms with van der Waals surface area (Å²) >= 11 is 0. The van der Waals surface area contributed by atoms with Crippen LogP contribution in [-0.4, -0.2) is 20.2 Å². The SMILES string of the molecule is O.O=P(O)(O)O.[H-].[H-].[K+].[K+]. The molecule has 5 N–H and O–H groups in total. The third-order valence-corrected chi connectivity index (χ3v) is 0. The van der Waals surface area contributed by atoms with Crippen LogP contribution in [0, 0.1) is 0 Å². The topological polar surface area (TPSA) is 109 Å². The summed E-state index contributed by atoms with van der Waals surface area (Å²) in [5, 5.41) is 0. The van der Waals surface area contributed by atoms with Gasteiger partial charge in [0, 0.05) is 0 Å². The van der Waals surface area contributed by atoms with E-state index in [0.29, 0.717) is 0 Å². The molecule has 0 spiro atoms. The molecule has 0 aliphatic rings. The second-order valence-corrected chi connectivity index (χ2v) is 1.54. The summed E-state index contributed by atoms with van der Waals surface area (Å²) in [6.45, 7) is 0. The van der Waals surface area contributed by atoms with Crippen LogP contribution >= 0.6 is 7.82 Å². The van der Waals surface area contributed by atoms with Crippen molar-refractivity contribution in [2.24, 2.45) is 0 Å². The Hall–Kier alpha value is 3.34. The Labute approximate surface area is 135 Å². The minimum absolute atomic E-state index is 0. The van der Waals surface area contributed by atoms with Gasteiger partial charge in [-0.2, -0.15) is 0 Å². The van der Waals surface area contributed by atoms with E-state index in [0.717, 1.165) is 0 Å². The Morgan fingerprint density at radius 2 is 1.12 bits per heavy atom. The number of phosphoric acid groups is 1. The van der Waals surface area contributed by atoms with Gasteiger partial charge in [0.1, 0.15) is 0 Å². The fourth-order valence-corrected chi connectivity index (χ4v) is 0. The van der Waals surface area contributed by atoms with Gasteiger partial charge in [0.15, 0.2) is 0 Å². The summed E-state index contributed by atoms with van der Waals surface area (Å²) < 4.78 is 8.88. The van der Waals surface area contributed by atoms with Crippen molar-refractivity contribution < 1.29 is 130 Å². The van der Waals surface area contributed by atoms with Gasteiger partial charge in [-0.15, -0.1) is 0 Å². The molecule has 0 aromatic carbocycles. The summed E-state index contributed by atoms with van der Waals surface area (Å²) in [5.41, 5.74) is 0. The zero-order valence-electron chi connectivity index (χ0n) is 6.70. The van der Waals surface area contributed by atoms with E-state index < -0.39 is 7.82 Å². The second-order valence-electron chi connectivity index (χ2n) is 0.513. The monoisotopic (exact) mass is 196 g/mol. The molecule has 0 heterocycles. The third-order valence-electron chi connectivity index (χ3n) is 0. The maximum Gasteiger partial charge on any atom is 1.00 e. The molecule has 8 heavy (non-hydrogen) atoms. The van der Waals surface area contributed by atoms with Gasteiger partial charge in [-0.05, 0) is 0 Å². The fourth-order valence-electron chi connectivity index (χ4n) is 0. The maximum atomic E-state index is 8.88. The van der Waals surface area contributed by atoms with Crippen LogP contribution in [0.4, 0.5) is 0 Å². The second kappa shape index (κ2) is 10.3. The average molecular weight is 196 g/mol. The molecule has 0 aromatic rings. The van der Waals surface area contributed by atoms with Gasteiger partial charge < -0.3 is 23.0 Å². The molecular formula is H7K2O5P. The Balaban J connectivity index is -0.00000000800. The predicted octanol–water partition coefficient (Wildman–Crippen LogP) is -7.52. The first-order valence-electron chi connectivity index (χ1n) is 0.783. The van der Waals surface area contributed by atoms with E-state index in [1.807, 2.05) is 0 Å².